The summed E-state index contributed by atoms with van der Waals surface area (Å²) in [5.41, 5.74) is 4.97. The van der Waals surface area contributed by atoms with E-state index in [2.05, 4.69) is 39.7 Å². The van der Waals surface area contributed by atoms with E-state index >= 15 is 0 Å². The quantitative estimate of drug-likeness (QED) is 0.265. The third-order valence-electron chi connectivity index (χ3n) is 6.25. The first-order valence-electron chi connectivity index (χ1n) is 12.8. The molecule has 39 heavy (non-hydrogen) atoms. The maximum atomic E-state index is 11.3. The lowest BCUT2D eigenvalue weighted by molar-refractivity contribution is -0.142. The van der Waals surface area contributed by atoms with Crippen molar-refractivity contribution in [3.8, 4) is 23.3 Å². The molecule has 3 aromatic carbocycles. The van der Waals surface area contributed by atoms with Crippen LogP contribution in [0.2, 0.25) is 5.02 Å². The molecule has 1 heterocycles. The van der Waals surface area contributed by atoms with Crippen molar-refractivity contribution in [2.75, 3.05) is 53.2 Å². The summed E-state index contributed by atoms with van der Waals surface area (Å²) in [5, 5.41) is 0.685. The second-order valence-corrected chi connectivity index (χ2v) is 9.43. The van der Waals surface area contributed by atoms with Gasteiger partial charge in [0.1, 0.15) is 18.1 Å². The number of rotatable bonds is 9. The molecule has 202 valence electrons. The van der Waals surface area contributed by atoms with Crippen LogP contribution in [0.15, 0.2) is 72.8 Å². The topological polar surface area (TPSA) is 57.2 Å². The summed E-state index contributed by atoms with van der Waals surface area (Å²) in [7, 11) is 1.33. The zero-order chi connectivity index (χ0) is 27.5. The zero-order valence-corrected chi connectivity index (χ0v) is 23.0. The van der Waals surface area contributed by atoms with Crippen LogP contribution in [0.1, 0.15) is 22.3 Å². The van der Waals surface area contributed by atoms with Crippen LogP contribution >= 0.6 is 11.6 Å². The Morgan fingerprint density at radius 3 is 2.36 bits per heavy atom. The van der Waals surface area contributed by atoms with Gasteiger partial charge in [0.25, 0.3) is 0 Å². The highest BCUT2D eigenvalue weighted by molar-refractivity contribution is 6.30. The fourth-order valence-corrected chi connectivity index (χ4v) is 4.19. The molecule has 0 saturated carbocycles. The van der Waals surface area contributed by atoms with Gasteiger partial charge in [-0.3, -0.25) is 4.90 Å². The molecule has 0 spiro atoms. The fraction of sp³-hybridized carbons (Fsp3) is 0.281. The lowest BCUT2D eigenvalue weighted by Gasteiger charge is -2.24. The number of halogens is 1. The molecule has 0 bridgehead atoms. The van der Waals surface area contributed by atoms with Crippen molar-refractivity contribution in [1.29, 1.82) is 0 Å². The van der Waals surface area contributed by atoms with E-state index in [1.54, 1.807) is 6.07 Å². The minimum Gasteiger partial charge on any atom is -0.489 e. The lowest BCUT2D eigenvalue weighted by atomic mass is 9.97. The number of aryl methyl sites for hydroxylation is 1. The van der Waals surface area contributed by atoms with E-state index in [4.69, 9.17) is 25.8 Å². The van der Waals surface area contributed by atoms with E-state index in [9.17, 15) is 4.79 Å². The number of methoxy groups -OCH3 is 1. The van der Waals surface area contributed by atoms with Crippen LogP contribution in [0.3, 0.4) is 0 Å². The van der Waals surface area contributed by atoms with Crippen LogP contribution in [0, 0.1) is 18.8 Å². The van der Waals surface area contributed by atoms with E-state index < -0.39 is 5.97 Å². The summed E-state index contributed by atoms with van der Waals surface area (Å²) >= 11 is 6.14. The molecular formula is C32H32ClNO5. The monoisotopic (exact) mass is 545 g/mol. The molecule has 1 fully saturated rings. The summed E-state index contributed by atoms with van der Waals surface area (Å²) in [6, 6.07) is 21.5. The van der Waals surface area contributed by atoms with E-state index in [1.807, 2.05) is 55.5 Å². The molecule has 1 aliphatic heterocycles. The Morgan fingerprint density at radius 1 is 1.00 bits per heavy atom. The smallest absolute Gasteiger partial charge is 0.343 e. The minimum atomic E-state index is -0.428. The Balaban J connectivity index is 1.45. The van der Waals surface area contributed by atoms with Gasteiger partial charge in [0.05, 0.1) is 26.9 Å². The first-order valence-corrected chi connectivity index (χ1v) is 13.2. The Labute approximate surface area is 235 Å². The summed E-state index contributed by atoms with van der Waals surface area (Å²) < 4.78 is 21.6. The Morgan fingerprint density at radius 2 is 1.69 bits per heavy atom. The summed E-state index contributed by atoms with van der Waals surface area (Å²) in [4.78, 5) is 13.7. The second kappa shape index (κ2) is 14.4. The van der Waals surface area contributed by atoms with Gasteiger partial charge in [-0.1, -0.05) is 47.7 Å². The molecule has 7 heteroatoms. The maximum Gasteiger partial charge on any atom is 0.343 e. The number of benzene rings is 3. The Kier molecular flexibility index (Phi) is 10.4. The van der Waals surface area contributed by atoms with Gasteiger partial charge in [-0.05, 0) is 77.7 Å². The highest BCUT2D eigenvalue weighted by Crippen LogP contribution is 2.27. The summed E-state index contributed by atoms with van der Waals surface area (Å²) in [5.74, 6) is 7.43. The van der Waals surface area contributed by atoms with Gasteiger partial charge in [0.2, 0.25) is 0 Å². The summed E-state index contributed by atoms with van der Waals surface area (Å²) in [6.07, 6.45) is 2.05. The lowest BCUT2D eigenvalue weighted by Crippen LogP contribution is -2.36. The summed E-state index contributed by atoms with van der Waals surface area (Å²) in [6.45, 7) is 6.28. The van der Waals surface area contributed by atoms with Gasteiger partial charge in [-0.25, -0.2) is 4.79 Å². The van der Waals surface area contributed by atoms with E-state index in [0.717, 1.165) is 60.7 Å². The molecule has 0 aliphatic carbocycles. The van der Waals surface area contributed by atoms with E-state index in [-0.39, 0.29) is 6.61 Å². The Bertz CT molecular complexity index is 1330. The molecule has 4 rings (SSSR count). The van der Waals surface area contributed by atoms with Crippen LogP contribution in [0.5, 0.6) is 11.5 Å². The number of ether oxygens (including phenoxy) is 4. The predicted molar refractivity (Wildman–Crippen MR) is 153 cm³/mol. The molecule has 0 atom stereocenters. The fourth-order valence-electron chi connectivity index (χ4n) is 4.07. The van der Waals surface area contributed by atoms with Crippen LogP contribution in [0.4, 0.5) is 0 Å². The van der Waals surface area contributed by atoms with Gasteiger partial charge in [-0.2, -0.15) is 0 Å². The third-order valence-corrected chi connectivity index (χ3v) is 6.50. The number of morpholine rings is 1. The van der Waals surface area contributed by atoms with Crippen LogP contribution in [-0.2, 0) is 14.3 Å². The van der Waals surface area contributed by atoms with Gasteiger partial charge < -0.3 is 18.9 Å². The molecule has 0 radical (unpaired) electrons. The highest BCUT2D eigenvalue weighted by atomic mass is 35.5. The second-order valence-electron chi connectivity index (χ2n) is 9.00. The highest BCUT2D eigenvalue weighted by Gasteiger charge is 2.09. The average molecular weight is 546 g/mol. The van der Waals surface area contributed by atoms with Gasteiger partial charge in [-0.15, -0.1) is 0 Å². The number of carbonyl (C=O) groups is 1. The number of hydrogen-bond donors (Lipinski definition) is 0. The molecule has 0 aromatic heterocycles. The SMILES string of the molecule is COC(=O)COc1ccc(OCC=C(c2ccc(Cl)cc2)c2ccc(C#CCN3CCOCC3)cc2)cc1C. The number of hydrogen-bond acceptors (Lipinski definition) is 6. The van der Waals surface area contributed by atoms with Crippen molar-refractivity contribution < 1.29 is 23.7 Å². The molecule has 0 N–H and O–H groups in total. The van der Waals surface area contributed by atoms with Crippen LogP contribution in [0.25, 0.3) is 5.57 Å². The van der Waals surface area contributed by atoms with Gasteiger partial charge in [0, 0.05) is 23.7 Å². The zero-order valence-electron chi connectivity index (χ0n) is 22.2. The number of carbonyl (C=O) groups excluding carboxylic acids is 1. The third kappa shape index (κ3) is 8.62. The Hall–Kier alpha value is -3.76. The normalized spacial score (nSPS) is 13.8. The molecular weight excluding hydrogens is 514 g/mol. The average Bonchev–Trinajstić information content (AvgIpc) is 2.96. The van der Waals surface area contributed by atoms with Crippen molar-refractivity contribution >= 4 is 23.1 Å². The van der Waals surface area contributed by atoms with Crippen molar-refractivity contribution in [2.24, 2.45) is 0 Å². The van der Waals surface area contributed by atoms with Gasteiger partial charge >= 0.3 is 5.97 Å². The first kappa shape index (κ1) is 28.3. The van der Waals surface area contributed by atoms with E-state index in [1.165, 1.54) is 7.11 Å². The number of nitrogens with zero attached hydrogens (tertiary/aromatic N) is 1. The van der Waals surface area contributed by atoms with Crippen molar-refractivity contribution in [3.63, 3.8) is 0 Å². The van der Waals surface area contributed by atoms with E-state index in [0.29, 0.717) is 23.1 Å². The molecule has 6 nitrogen and oxygen atoms in total. The maximum absolute atomic E-state index is 11.3. The predicted octanol–water partition coefficient (Wildman–Crippen LogP) is 5.39. The molecule has 1 saturated heterocycles. The number of esters is 1. The minimum absolute atomic E-state index is 0.136. The van der Waals surface area contributed by atoms with Crippen LogP contribution in [-0.4, -0.2) is 64.0 Å². The molecule has 0 unspecified atom stereocenters. The van der Waals surface area contributed by atoms with Crippen molar-refractivity contribution in [2.45, 2.75) is 6.92 Å². The van der Waals surface area contributed by atoms with Crippen molar-refractivity contribution in [3.05, 3.63) is 100 Å². The first-order chi connectivity index (χ1) is 19.0. The van der Waals surface area contributed by atoms with Crippen molar-refractivity contribution in [1.82, 2.24) is 4.90 Å². The molecule has 0 amide bonds. The standard InChI is InChI=1S/C32H32ClNO5/c1-24-22-29(13-14-31(24)39-23-32(35)36-2)38-19-15-30(27-9-11-28(33)12-10-27)26-7-5-25(6-8-26)4-3-16-34-17-20-37-21-18-34/h5-15,22H,16-21,23H2,1-2H3. The van der Waals surface area contributed by atoms with Gasteiger partial charge in [0.15, 0.2) is 6.61 Å². The van der Waals surface area contributed by atoms with Crippen LogP contribution < -0.4 is 9.47 Å². The molecule has 1 aliphatic rings. The molecule has 3 aromatic rings. The largest absolute Gasteiger partial charge is 0.489 e.